The molecule has 0 aliphatic carbocycles. The summed E-state index contributed by atoms with van der Waals surface area (Å²) in [5, 5.41) is 4.41. The minimum atomic E-state index is -0.241. The monoisotopic (exact) mass is 312 g/mol. The van der Waals surface area contributed by atoms with Crippen LogP contribution in [0.25, 0.3) is 0 Å². The van der Waals surface area contributed by atoms with Gasteiger partial charge in [0.15, 0.2) is 6.10 Å². The molecule has 1 aliphatic heterocycles. The van der Waals surface area contributed by atoms with E-state index in [2.05, 4.69) is 10.3 Å². The molecule has 0 radical (unpaired) electrons. The van der Waals surface area contributed by atoms with Gasteiger partial charge >= 0.3 is 0 Å². The van der Waals surface area contributed by atoms with Crippen LogP contribution in [0.5, 0.6) is 5.75 Å². The predicted octanol–water partition coefficient (Wildman–Crippen LogP) is 3.71. The number of halogens is 2. The van der Waals surface area contributed by atoms with Crippen LogP contribution in [0.3, 0.4) is 0 Å². The molecular weight excluding hydrogens is 299 g/mol. The Hall–Kier alpha value is -1.23. The first-order valence-corrected chi connectivity index (χ1v) is 7.21. The molecule has 1 aromatic carbocycles. The number of benzene rings is 1. The van der Waals surface area contributed by atoms with Crippen LogP contribution in [0.2, 0.25) is 10.0 Å². The molecule has 0 saturated carbocycles. The number of aromatic nitrogens is 1. The molecule has 0 bridgehead atoms. The molecular formula is C14H14Cl2N2O2. The molecule has 0 amide bonds. The zero-order valence-corrected chi connectivity index (χ0v) is 12.2. The molecule has 106 valence electrons. The summed E-state index contributed by atoms with van der Waals surface area (Å²) in [6.07, 6.45) is 3.95. The second-order valence-corrected chi connectivity index (χ2v) is 5.64. The van der Waals surface area contributed by atoms with Gasteiger partial charge in [0.2, 0.25) is 5.89 Å². The third-order valence-corrected chi connectivity index (χ3v) is 3.76. The molecule has 2 atom stereocenters. The van der Waals surface area contributed by atoms with Crippen LogP contribution in [0.15, 0.2) is 35.1 Å². The van der Waals surface area contributed by atoms with Crippen LogP contribution in [0.4, 0.5) is 0 Å². The third kappa shape index (κ3) is 3.08. The van der Waals surface area contributed by atoms with Crippen molar-refractivity contribution in [2.24, 2.45) is 5.92 Å². The van der Waals surface area contributed by atoms with Crippen LogP contribution in [0, 0.1) is 5.92 Å². The molecule has 2 heterocycles. The van der Waals surface area contributed by atoms with Gasteiger partial charge in [-0.3, -0.25) is 0 Å². The molecule has 6 heteroatoms. The van der Waals surface area contributed by atoms with Crippen LogP contribution in [-0.2, 0) is 0 Å². The van der Waals surface area contributed by atoms with E-state index in [-0.39, 0.29) is 6.10 Å². The molecule has 1 aliphatic rings. The Labute approximate surface area is 127 Å². The fourth-order valence-electron chi connectivity index (χ4n) is 2.40. The van der Waals surface area contributed by atoms with Gasteiger partial charge in [-0.2, -0.15) is 0 Å². The smallest absolute Gasteiger partial charge is 0.235 e. The van der Waals surface area contributed by atoms with Crippen molar-refractivity contribution < 1.29 is 9.15 Å². The van der Waals surface area contributed by atoms with Gasteiger partial charge < -0.3 is 14.5 Å². The van der Waals surface area contributed by atoms with E-state index in [9.17, 15) is 0 Å². The number of nitrogens with one attached hydrogen (secondary N) is 1. The lowest BCUT2D eigenvalue weighted by molar-refractivity contribution is 0.114. The highest BCUT2D eigenvalue weighted by Gasteiger charge is 2.31. The summed E-state index contributed by atoms with van der Waals surface area (Å²) < 4.78 is 11.5. The Morgan fingerprint density at radius 2 is 2.10 bits per heavy atom. The minimum Gasteiger partial charge on any atom is -0.480 e. The maximum Gasteiger partial charge on any atom is 0.235 e. The highest BCUT2D eigenvalue weighted by Crippen LogP contribution is 2.33. The Morgan fingerprint density at radius 3 is 2.70 bits per heavy atom. The van der Waals surface area contributed by atoms with E-state index in [0.717, 1.165) is 19.5 Å². The van der Waals surface area contributed by atoms with Crippen molar-refractivity contribution in [1.29, 1.82) is 0 Å². The first kappa shape index (κ1) is 13.7. The molecule has 0 spiro atoms. The second kappa shape index (κ2) is 6.04. The van der Waals surface area contributed by atoms with Crippen molar-refractivity contribution in [3.05, 3.63) is 46.6 Å². The number of rotatable bonds is 4. The van der Waals surface area contributed by atoms with Gasteiger partial charge in [-0.05, 0) is 31.2 Å². The van der Waals surface area contributed by atoms with Gasteiger partial charge in [0.1, 0.15) is 12.0 Å². The Balaban J connectivity index is 1.85. The molecule has 4 nitrogen and oxygen atoms in total. The maximum atomic E-state index is 6.04. The van der Waals surface area contributed by atoms with E-state index in [1.165, 1.54) is 0 Å². The third-order valence-electron chi connectivity index (χ3n) is 3.32. The van der Waals surface area contributed by atoms with Crippen molar-refractivity contribution in [3.8, 4) is 5.75 Å². The predicted molar refractivity (Wildman–Crippen MR) is 77.3 cm³/mol. The standard InChI is InChI=1S/C14H14Cl2N2O2/c15-10-5-11(16)7-12(6-10)20-13(9-1-2-17-8-9)14-18-3-4-19-14/h3-7,9,13,17H,1-2,8H2/t9-,13+/m1/s1. The van der Waals surface area contributed by atoms with E-state index in [4.69, 9.17) is 32.4 Å². The normalized spacial score (nSPS) is 20.0. The van der Waals surface area contributed by atoms with Crippen molar-refractivity contribution in [2.75, 3.05) is 13.1 Å². The minimum absolute atomic E-state index is 0.241. The number of ether oxygens (including phenoxy) is 1. The lowest BCUT2D eigenvalue weighted by Gasteiger charge is -2.21. The number of oxazole rings is 1. The molecule has 1 fully saturated rings. The number of hydrogen-bond donors (Lipinski definition) is 1. The fraction of sp³-hybridized carbons (Fsp3) is 0.357. The van der Waals surface area contributed by atoms with Gasteiger partial charge in [-0.1, -0.05) is 23.2 Å². The molecule has 1 aromatic heterocycles. The SMILES string of the molecule is Clc1cc(Cl)cc(O[C@H](c2ncco2)[C@@H]2CCNC2)c1. The first-order chi connectivity index (χ1) is 9.72. The van der Waals surface area contributed by atoms with E-state index in [1.54, 1.807) is 30.7 Å². The van der Waals surface area contributed by atoms with E-state index >= 15 is 0 Å². The van der Waals surface area contributed by atoms with E-state index in [0.29, 0.717) is 27.6 Å². The van der Waals surface area contributed by atoms with Gasteiger partial charge in [-0.25, -0.2) is 4.98 Å². The molecule has 2 aromatic rings. The summed E-state index contributed by atoms with van der Waals surface area (Å²) in [6, 6.07) is 5.16. The summed E-state index contributed by atoms with van der Waals surface area (Å²) in [5.74, 6) is 1.51. The maximum absolute atomic E-state index is 6.04. The first-order valence-electron chi connectivity index (χ1n) is 6.45. The number of nitrogens with zero attached hydrogens (tertiary/aromatic N) is 1. The summed E-state index contributed by atoms with van der Waals surface area (Å²) in [6.45, 7) is 1.85. The second-order valence-electron chi connectivity index (χ2n) is 4.77. The van der Waals surface area contributed by atoms with Crippen LogP contribution >= 0.6 is 23.2 Å². The lowest BCUT2D eigenvalue weighted by Crippen LogP contribution is -2.21. The van der Waals surface area contributed by atoms with Crippen LogP contribution < -0.4 is 10.1 Å². The topological polar surface area (TPSA) is 47.3 Å². The van der Waals surface area contributed by atoms with Crippen molar-refractivity contribution in [2.45, 2.75) is 12.5 Å². The Bertz CT molecular complexity index is 548. The summed E-state index contributed by atoms with van der Waals surface area (Å²) in [5.41, 5.74) is 0. The Morgan fingerprint density at radius 1 is 1.30 bits per heavy atom. The van der Waals surface area contributed by atoms with Gasteiger partial charge in [0.05, 0.1) is 6.20 Å². The average Bonchev–Trinajstić information content (AvgIpc) is 3.08. The van der Waals surface area contributed by atoms with Crippen LogP contribution in [0.1, 0.15) is 18.4 Å². The van der Waals surface area contributed by atoms with Crippen LogP contribution in [-0.4, -0.2) is 18.1 Å². The average molecular weight is 313 g/mol. The summed E-state index contributed by atoms with van der Waals surface area (Å²) >= 11 is 12.0. The van der Waals surface area contributed by atoms with Gasteiger partial charge in [0, 0.05) is 22.5 Å². The van der Waals surface area contributed by atoms with E-state index in [1.807, 2.05) is 0 Å². The molecule has 20 heavy (non-hydrogen) atoms. The lowest BCUT2D eigenvalue weighted by atomic mass is 10.0. The highest BCUT2D eigenvalue weighted by molar-refractivity contribution is 6.34. The Kier molecular flexibility index (Phi) is 4.15. The zero-order valence-electron chi connectivity index (χ0n) is 10.7. The van der Waals surface area contributed by atoms with E-state index < -0.39 is 0 Å². The summed E-state index contributed by atoms with van der Waals surface area (Å²) in [7, 11) is 0. The molecule has 1 saturated heterocycles. The molecule has 3 rings (SSSR count). The van der Waals surface area contributed by atoms with Crippen molar-refractivity contribution in [1.82, 2.24) is 10.3 Å². The van der Waals surface area contributed by atoms with Gasteiger partial charge in [-0.15, -0.1) is 0 Å². The quantitative estimate of drug-likeness (QED) is 0.935. The van der Waals surface area contributed by atoms with Crippen molar-refractivity contribution >= 4 is 23.2 Å². The molecule has 0 unspecified atom stereocenters. The fourth-order valence-corrected chi connectivity index (χ4v) is 2.91. The zero-order chi connectivity index (χ0) is 13.9. The highest BCUT2D eigenvalue weighted by atomic mass is 35.5. The van der Waals surface area contributed by atoms with Gasteiger partial charge in [0.25, 0.3) is 0 Å². The largest absolute Gasteiger partial charge is 0.480 e. The summed E-state index contributed by atoms with van der Waals surface area (Å²) in [4.78, 5) is 4.22. The molecule has 1 N–H and O–H groups in total. The van der Waals surface area contributed by atoms with Crippen molar-refractivity contribution in [3.63, 3.8) is 0 Å². The number of hydrogen-bond acceptors (Lipinski definition) is 4.